The maximum absolute atomic E-state index is 13.7. The van der Waals surface area contributed by atoms with Crippen LogP contribution in [0.25, 0.3) is 0 Å². The highest BCUT2D eigenvalue weighted by atomic mass is 16.5. The first-order chi connectivity index (χ1) is 17.5. The van der Waals surface area contributed by atoms with Crippen molar-refractivity contribution < 1.29 is 19.1 Å². The number of anilines is 2. The highest BCUT2D eigenvalue weighted by Gasteiger charge is 2.41. The van der Waals surface area contributed by atoms with Crippen molar-refractivity contribution in [3.8, 4) is 5.75 Å². The molecule has 1 aliphatic carbocycles. The van der Waals surface area contributed by atoms with Gasteiger partial charge >= 0.3 is 0 Å². The zero-order chi connectivity index (χ0) is 25.1. The molecule has 36 heavy (non-hydrogen) atoms. The summed E-state index contributed by atoms with van der Waals surface area (Å²) in [4.78, 5) is 41.4. The van der Waals surface area contributed by atoms with Gasteiger partial charge in [0.1, 0.15) is 5.75 Å². The maximum atomic E-state index is 13.7. The van der Waals surface area contributed by atoms with Gasteiger partial charge in [0.25, 0.3) is 5.91 Å². The zero-order valence-electron chi connectivity index (χ0n) is 20.1. The number of piperidine rings is 1. The fraction of sp³-hybridized carbons (Fsp3) is 0.276. The van der Waals surface area contributed by atoms with Crippen LogP contribution in [0.15, 0.2) is 78.9 Å². The van der Waals surface area contributed by atoms with Crippen molar-refractivity contribution in [1.82, 2.24) is 5.32 Å². The van der Waals surface area contributed by atoms with E-state index in [-0.39, 0.29) is 30.2 Å². The van der Waals surface area contributed by atoms with E-state index in [0.717, 1.165) is 18.4 Å². The monoisotopic (exact) mass is 483 g/mol. The molecule has 7 heteroatoms. The molecule has 3 amide bonds. The van der Waals surface area contributed by atoms with E-state index in [1.165, 1.54) is 0 Å². The number of hydrogen-bond donors (Lipinski definition) is 2. The van der Waals surface area contributed by atoms with Crippen LogP contribution >= 0.6 is 0 Å². The average Bonchev–Trinajstić information content (AvgIpc) is 3.73. The molecule has 3 aromatic carbocycles. The number of rotatable bonds is 7. The summed E-state index contributed by atoms with van der Waals surface area (Å²) in [7, 11) is 1.59. The van der Waals surface area contributed by atoms with Gasteiger partial charge in [0, 0.05) is 18.2 Å². The molecule has 1 heterocycles. The molecule has 0 bridgehead atoms. The lowest BCUT2D eigenvalue weighted by Crippen LogP contribution is -2.47. The number of ether oxygens (including phenoxy) is 1. The summed E-state index contributed by atoms with van der Waals surface area (Å²) >= 11 is 0. The molecule has 0 radical (unpaired) electrons. The largest absolute Gasteiger partial charge is 0.497 e. The summed E-state index contributed by atoms with van der Waals surface area (Å²) in [6.07, 6.45) is 2.62. The molecule has 2 fully saturated rings. The molecule has 0 spiro atoms. The van der Waals surface area contributed by atoms with Crippen molar-refractivity contribution in [1.29, 1.82) is 0 Å². The number of carbonyl (C=O) groups excluding carboxylic acids is 3. The third kappa shape index (κ3) is 4.96. The highest BCUT2D eigenvalue weighted by molar-refractivity contribution is 6.05. The second kappa shape index (κ2) is 10.2. The Bertz CT molecular complexity index is 1260. The predicted octanol–water partition coefficient (Wildman–Crippen LogP) is 4.71. The van der Waals surface area contributed by atoms with Gasteiger partial charge in [-0.2, -0.15) is 0 Å². The van der Waals surface area contributed by atoms with Crippen LogP contribution in [0.3, 0.4) is 0 Å². The number of benzene rings is 3. The molecule has 2 aliphatic rings. The van der Waals surface area contributed by atoms with Crippen molar-refractivity contribution in [3.63, 3.8) is 0 Å². The molecule has 1 aliphatic heterocycles. The van der Waals surface area contributed by atoms with Gasteiger partial charge in [0.05, 0.1) is 30.3 Å². The van der Waals surface area contributed by atoms with Gasteiger partial charge in [-0.3, -0.25) is 14.4 Å². The number of para-hydroxylation sites is 1. The van der Waals surface area contributed by atoms with Crippen LogP contribution in [0.2, 0.25) is 0 Å². The molecule has 0 aromatic heterocycles. The quantitative estimate of drug-likeness (QED) is 0.510. The summed E-state index contributed by atoms with van der Waals surface area (Å²) in [5.74, 6) is -0.267. The van der Waals surface area contributed by atoms with E-state index in [2.05, 4.69) is 10.6 Å². The lowest BCUT2D eigenvalue weighted by atomic mass is 9.83. The van der Waals surface area contributed by atoms with E-state index in [1.54, 1.807) is 36.3 Å². The molecular formula is C29H29N3O4. The molecule has 184 valence electrons. The van der Waals surface area contributed by atoms with Gasteiger partial charge in [0.2, 0.25) is 11.8 Å². The van der Waals surface area contributed by atoms with Gasteiger partial charge in [-0.15, -0.1) is 0 Å². The first-order valence-corrected chi connectivity index (χ1v) is 12.3. The zero-order valence-corrected chi connectivity index (χ0v) is 20.1. The SMILES string of the molecule is COc1ccc(N2C(=O)CC[C@H](C(=O)Nc3ccccc3C(=O)NC3CC3)[C@H]2c2ccccc2)cc1. The topological polar surface area (TPSA) is 87.7 Å². The Morgan fingerprint density at radius 2 is 1.58 bits per heavy atom. The third-order valence-corrected chi connectivity index (χ3v) is 6.77. The van der Waals surface area contributed by atoms with E-state index >= 15 is 0 Å². The summed E-state index contributed by atoms with van der Waals surface area (Å²) in [6, 6.07) is 23.7. The van der Waals surface area contributed by atoms with Gasteiger partial charge in [-0.05, 0) is 61.2 Å². The molecule has 1 saturated carbocycles. The minimum atomic E-state index is -0.508. The number of carbonyl (C=O) groups is 3. The first-order valence-electron chi connectivity index (χ1n) is 12.3. The Balaban J connectivity index is 1.47. The van der Waals surface area contributed by atoms with Crippen molar-refractivity contribution in [2.45, 2.75) is 37.8 Å². The Morgan fingerprint density at radius 1 is 0.889 bits per heavy atom. The fourth-order valence-corrected chi connectivity index (χ4v) is 4.75. The predicted molar refractivity (Wildman–Crippen MR) is 138 cm³/mol. The third-order valence-electron chi connectivity index (χ3n) is 6.77. The van der Waals surface area contributed by atoms with Crippen LogP contribution < -0.4 is 20.3 Å². The van der Waals surface area contributed by atoms with Crippen LogP contribution in [0, 0.1) is 5.92 Å². The van der Waals surface area contributed by atoms with E-state index in [9.17, 15) is 14.4 Å². The molecule has 2 N–H and O–H groups in total. The van der Waals surface area contributed by atoms with Crippen LogP contribution in [0.5, 0.6) is 5.75 Å². The molecule has 5 rings (SSSR count). The fourth-order valence-electron chi connectivity index (χ4n) is 4.75. The summed E-state index contributed by atoms with van der Waals surface area (Å²) in [5, 5.41) is 5.99. The van der Waals surface area contributed by atoms with Crippen molar-refractivity contribution in [3.05, 3.63) is 90.0 Å². The minimum absolute atomic E-state index is 0.0396. The van der Waals surface area contributed by atoms with Gasteiger partial charge in [-0.25, -0.2) is 0 Å². The van der Waals surface area contributed by atoms with Gasteiger partial charge in [0.15, 0.2) is 0 Å². The normalized spacial score (nSPS) is 19.5. The van der Waals surface area contributed by atoms with Crippen LogP contribution in [0.1, 0.15) is 47.6 Å². The Hall–Kier alpha value is -4.13. The van der Waals surface area contributed by atoms with E-state index < -0.39 is 12.0 Å². The molecule has 3 aromatic rings. The van der Waals surface area contributed by atoms with Crippen LogP contribution in [-0.2, 0) is 9.59 Å². The number of amides is 3. The Morgan fingerprint density at radius 3 is 2.28 bits per heavy atom. The molecule has 0 unspecified atom stereocenters. The smallest absolute Gasteiger partial charge is 0.253 e. The summed E-state index contributed by atoms with van der Waals surface area (Å²) in [5.41, 5.74) is 2.49. The van der Waals surface area contributed by atoms with Crippen molar-refractivity contribution >= 4 is 29.1 Å². The highest BCUT2D eigenvalue weighted by Crippen LogP contribution is 2.41. The number of nitrogens with zero attached hydrogens (tertiary/aromatic N) is 1. The number of nitrogens with one attached hydrogen (secondary N) is 2. The standard InChI is InChI=1S/C29H29N3O4/c1-36-22-15-13-21(14-16-22)32-26(33)18-17-24(27(32)19-7-3-2-4-8-19)29(35)31-25-10-6-5-9-23(25)28(34)30-20-11-12-20/h2-10,13-16,20,24,27H,11-12,17-18H2,1H3,(H,30,34)(H,31,35)/t24-,27+/m0/s1. The van der Waals surface area contributed by atoms with Crippen molar-refractivity contribution in [2.24, 2.45) is 5.92 Å². The molecule has 1 saturated heterocycles. The Kier molecular flexibility index (Phi) is 6.71. The summed E-state index contributed by atoms with van der Waals surface area (Å²) in [6.45, 7) is 0. The Labute approximate surface area is 210 Å². The lowest BCUT2D eigenvalue weighted by molar-refractivity contribution is -0.125. The van der Waals surface area contributed by atoms with Crippen molar-refractivity contribution in [2.75, 3.05) is 17.3 Å². The molecule has 7 nitrogen and oxygen atoms in total. The lowest BCUT2D eigenvalue weighted by Gasteiger charge is -2.41. The maximum Gasteiger partial charge on any atom is 0.253 e. The van der Waals surface area contributed by atoms with Gasteiger partial charge in [-0.1, -0.05) is 42.5 Å². The number of hydrogen-bond acceptors (Lipinski definition) is 4. The van der Waals surface area contributed by atoms with Crippen LogP contribution in [-0.4, -0.2) is 30.9 Å². The second-order valence-corrected chi connectivity index (χ2v) is 9.25. The van der Waals surface area contributed by atoms with E-state index in [0.29, 0.717) is 29.1 Å². The van der Waals surface area contributed by atoms with Gasteiger partial charge < -0.3 is 20.3 Å². The molecule has 2 atom stereocenters. The second-order valence-electron chi connectivity index (χ2n) is 9.25. The molecular weight excluding hydrogens is 454 g/mol. The van der Waals surface area contributed by atoms with E-state index in [4.69, 9.17) is 4.74 Å². The first kappa shape index (κ1) is 23.6. The summed E-state index contributed by atoms with van der Waals surface area (Å²) < 4.78 is 5.28. The van der Waals surface area contributed by atoms with E-state index in [1.807, 2.05) is 54.6 Å². The minimum Gasteiger partial charge on any atom is -0.497 e. The average molecular weight is 484 g/mol. The number of methoxy groups -OCH3 is 1. The van der Waals surface area contributed by atoms with Crippen LogP contribution in [0.4, 0.5) is 11.4 Å².